The summed E-state index contributed by atoms with van der Waals surface area (Å²) in [4.78, 5) is 51.6. The molecule has 0 radical (unpaired) electrons. The minimum Gasteiger partial charge on any atom is -0.356 e. The first-order valence-corrected chi connectivity index (χ1v) is 11.7. The Morgan fingerprint density at radius 3 is 2.34 bits per heavy atom. The van der Waals surface area contributed by atoms with E-state index < -0.39 is 53.4 Å². The lowest BCUT2D eigenvalue weighted by Gasteiger charge is -2.37. The van der Waals surface area contributed by atoms with Gasteiger partial charge in [0.2, 0.25) is 17.7 Å². The van der Waals surface area contributed by atoms with Gasteiger partial charge in [0.15, 0.2) is 0 Å². The number of amides is 4. The maximum Gasteiger partial charge on any atom is 0.471 e. The molecule has 0 spiro atoms. The summed E-state index contributed by atoms with van der Waals surface area (Å²) >= 11 is 0. The van der Waals surface area contributed by atoms with Crippen molar-refractivity contribution >= 4 is 23.6 Å². The van der Waals surface area contributed by atoms with E-state index in [0.29, 0.717) is 13.0 Å². The van der Waals surface area contributed by atoms with E-state index in [1.165, 1.54) is 25.7 Å². The molecule has 3 unspecified atom stereocenters. The molecule has 4 amide bonds. The molecule has 0 aromatic carbocycles. The maximum atomic E-state index is 13.5. The summed E-state index contributed by atoms with van der Waals surface area (Å²) in [5, 5.41) is 16.7. The smallest absolute Gasteiger partial charge is 0.356 e. The van der Waals surface area contributed by atoms with Crippen molar-refractivity contribution in [3.05, 3.63) is 0 Å². The summed E-state index contributed by atoms with van der Waals surface area (Å²) in [7, 11) is 0. The van der Waals surface area contributed by atoms with Crippen LogP contribution in [0.3, 0.4) is 0 Å². The average Bonchev–Trinajstić information content (AvgIpc) is 3.10. The van der Waals surface area contributed by atoms with Crippen LogP contribution in [0.15, 0.2) is 0 Å². The number of fused-ring (bicyclic) bond motifs is 1. The van der Waals surface area contributed by atoms with Crippen LogP contribution in [0, 0.1) is 39.9 Å². The van der Waals surface area contributed by atoms with Crippen molar-refractivity contribution in [1.82, 2.24) is 20.9 Å². The van der Waals surface area contributed by atoms with Gasteiger partial charge in [0, 0.05) is 19.0 Å². The van der Waals surface area contributed by atoms with Gasteiger partial charge in [-0.1, -0.05) is 34.6 Å². The van der Waals surface area contributed by atoms with Gasteiger partial charge in [-0.2, -0.15) is 18.4 Å². The van der Waals surface area contributed by atoms with Crippen LogP contribution in [0.1, 0.15) is 47.5 Å². The molecule has 3 aliphatic rings. The highest BCUT2D eigenvalue weighted by Gasteiger charge is 2.70. The number of nitrogens with zero attached hydrogens (tertiary/aromatic N) is 2. The van der Waals surface area contributed by atoms with Gasteiger partial charge in [0.1, 0.15) is 18.1 Å². The van der Waals surface area contributed by atoms with Crippen LogP contribution >= 0.6 is 0 Å². The second-order valence-corrected chi connectivity index (χ2v) is 11.4. The molecule has 194 valence electrons. The van der Waals surface area contributed by atoms with Crippen LogP contribution < -0.4 is 16.0 Å². The highest BCUT2D eigenvalue weighted by molar-refractivity contribution is 5.95. The van der Waals surface area contributed by atoms with Crippen molar-refractivity contribution in [2.24, 2.45) is 28.6 Å². The van der Waals surface area contributed by atoms with Crippen molar-refractivity contribution < 1.29 is 32.3 Å². The Labute approximate surface area is 202 Å². The summed E-state index contributed by atoms with van der Waals surface area (Å²) in [5.41, 5.74) is -1.33. The van der Waals surface area contributed by atoms with Gasteiger partial charge in [-0.05, 0) is 35.5 Å². The third-order valence-electron chi connectivity index (χ3n) is 7.56. The molecule has 2 heterocycles. The van der Waals surface area contributed by atoms with Gasteiger partial charge in [-0.15, -0.1) is 0 Å². The van der Waals surface area contributed by atoms with Crippen LogP contribution in [0.2, 0.25) is 0 Å². The van der Waals surface area contributed by atoms with Gasteiger partial charge in [0.25, 0.3) is 0 Å². The Kier molecular flexibility index (Phi) is 6.87. The van der Waals surface area contributed by atoms with Crippen molar-refractivity contribution in [3.63, 3.8) is 0 Å². The number of alkyl halides is 3. The Balaban J connectivity index is 1.81. The van der Waals surface area contributed by atoms with Crippen molar-refractivity contribution in [3.8, 4) is 6.07 Å². The molecule has 1 saturated carbocycles. The minimum absolute atomic E-state index is 0.0396. The van der Waals surface area contributed by atoms with Gasteiger partial charge < -0.3 is 20.9 Å². The van der Waals surface area contributed by atoms with Gasteiger partial charge >= 0.3 is 12.1 Å². The molecule has 2 saturated heterocycles. The van der Waals surface area contributed by atoms with Crippen molar-refractivity contribution in [2.75, 3.05) is 13.1 Å². The summed E-state index contributed by atoms with van der Waals surface area (Å²) in [5.74, 6) is -4.46. The van der Waals surface area contributed by atoms with Crippen LogP contribution in [-0.4, -0.2) is 65.9 Å². The second-order valence-electron chi connectivity index (χ2n) is 11.4. The number of halogens is 3. The first kappa shape index (κ1) is 26.8. The van der Waals surface area contributed by atoms with Crippen LogP contribution in [0.25, 0.3) is 0 Å². The molecule has 0 aromatic rings. The molecule has 2 aliphatic heterocycles. The quantitative estimate of drug-likeness (QED) is 0.504. The van der Waals surface area contributed by atoms with Gasteiger partial charge in [-0.25, -0.2) is 0 Å². The molecular weight excluding hydrogens is 467 g/mol. The number of rotatable bonds is 6. The Hall–Kier alpha value is -2.84. The SMILES string of the molecule is CC(C)(C)C(NC(=O)C(F)(F)F)C(=O)N1CC2C([C@H]1C(=O)N[C@H](C#N)C[C@@H]1CCNC1=O)C2(C)C. The fourth-order valence-corrected chi connectivity index (χ4v) is 5.40. The summed E-state index contributed by atoms with van der Waals surface area (Å²) in [6.07, 6.45) is -4.49. The standard InChI is InChI=1S/C23H32F3N5O4/c1-21(2,3)16(30-20(35)23(24,25)26)19(34)31-10-13-14(22(13,4)5)15(31)18(33)29-12(9-27)8-11-6-7-28-17(11)32/h11-16H,6-8,10H2,1-5H3,(H,28,32)(H,29,33)(H,30,35)/t11-,12-,13?,14?,15-,16?/m0/s1. The molecule has 35 heavy (non-hydrogen) atoms. The topological polar surface area (TPSA) is 131 Å². The molecular formula is C23H32F3N5O4. The molecule has 3 rings (SSSR count). The third kappa shape index (κ3) is 5.23. The molecule has 0 aromatic heterocycles. The summed E-state index contributed by atoms with van der Waals surface area (Å²) < 4.78 is 38.8. The summed E-state index contributed by atoms with van der Waals surface area (Å²) in [6.45, 7) is 9.13. The molecule has 6 atom stereocenters. The minimum atomic E-state index is -5.16. The number of nitriles is 1. The molecule has 3 fully saturated rings. The highest BCUT2D eigenvalue weighted by Crippen LogP contribution is 2.65. The number of carbonyl (C=O) groups excluding carboxylic acids is 4. The van der Waals surface area contributed by atoms with E-state index in [2.05, 4.69) is 10.6 Å². The fourth-order valence-electron chi connectivity index (χ4n) is 5.40. The number of carbonyl (C=O) groups is 4. The zero-order chi connectivity index (χ0) is 26.5. The maximum absolute atomic E-state index is 13.5. The first-order chi connectivity index (χ1) is 16.0. The lowest BCUT2D eigenvalue weighted by molar-refractivity contribution is -0.176. The van der Waals surface area contributed by atoms with E-state index in [1.807, 2.05) is 19.9 Å². The number of nitrogens with one attached hydrogen (secondary N) is 3. The Morgan fingerprint density at radius 1 is 1.23 bits per heavy atom. The van der Waals surface area contributed by atoms with Gasteiger partial charge in [-0.3, -0.25) is 19.2 Å². The fraction of sp³-hybridized carbons (Fsp3) is 0.783. The zero-order valence-corrected chi connectivity index (χ0v) is 20.5. The molecule has 3 N–H and O–H groups in total. The number of likely N-dealkylation sites (tertiary alicyclic amines) is 1. The molecule has 9 nitrogen and oxygen atoms in total. The molecule has 12 heteroatoms. The zero-order valence-electron chi connectivity index (χ0n) is 20.5. The number of piperidine rings is 1. The van der Waals surface area contributed by atoms with E-state index in [1.54, 1.807) is 5.32 Å². The third-order valence-corrected chi connectivity index (χ3v) is 7.56. The lowest BCUT2D eigenvalue weighted by atomic mass is 9.85. The van der Waals surface area contributed by atoms with E-state index in [4.69, 9.17) is 0 Å². The van der Waals surface area contributed by atoms with Crippen molar-refractivity contribution in [1.29, 1.82) is 5.26 Å². The van der Waals surface area contributed by atoms with E-state index in [9.17, 15) is 37.6 Å². The summed E-state index contributed by atoms with van der Waals surface area (Å²) in [6, 6.07) is -1.48. The Bertz CT molecular complexity index is 952. The predicted octanol–water partition coefficient (Wildman–Crippen LogP) is 1.10. The van der Waals surface area contributed by atoms with E-state index in [-0.39, 0.29) is 36.1 Å². The van der Waals surface area contributed by atoms with E-state index >= 15 is 0 Å². The van der Waals surface area contributed by atoms with Crippen LogP contribution in [0.4, 0.5) is 13.2 Å². The molecule has 1 aliphatic carbocycles. The lowest BCUT2D eigenvalue weighted by Crippen LogP contribution is -2.61. The van der Waals surface area contributed by atoms with Crippen LogP contribution in [-0.2, 0) is 19.2 Å². The van der Waals surface area contributed by atoms with Crippen LogP contribution in [0.5, 0.6) is 0 Å². The second kappa shape index (κ2) is 8.99. The highest BCUT2D eigenvalue weighted by atomic mass is 19.4. The average molecular weight is 500 g/mol. The number of hydrogen-bond donors (Lipinski definition) is 3. The molecule has 0 bridgehead atoms. The monoisotopic (exact) mass is 499 g/mol. The van der Waals surface area contributed by atoms with Gasteiger partial charge in [0.05, 0.1) is 6.07 Å². The first-order valence-electron chi connectivity index (χ1n) is 11.7. The van der Waals surface area contributed by atoms with E-state index in [0.717, 1.165) is 0 Å². The number of hydrogen-bond acceptors (Lipinski definition) is 5. The van der Waals surface area contributed by atoms with Crippen molar-refractivity contribution in [2.45, 2.75) is 71.8 Å². The normalized spacial score (nSPS) is 28.9. The predicted molar refractivity (Wildman–Crippen MR) is 117 cm³/mol. The Morgan fingerprint density at radius 2 is 1.86 bits per heavy atom. The largest absolute Gasteiger partial charge is 0.471 e.